The highest BCUT2D eigenvalue weighted by molar-refractivity contribution is 5.99. The molecule has 7 aromatic rings. The molecule has 0 bridgehead atoms. The molecule has 1 unspecified atom stereocenters. The lowest BCUT2D eigenvalue weighted by Crippen LogP contribution is -2.15. The quantitative estimate of drug-likeness (QED) is 0.179. The highest BCUT2D eigenvalue weighted by Gasteiger charge is 2.21. The van der Waals surface area contributed by atoms with E-state index in [1.807, 2.05) is 0 Å². The van der Waals surface area contributed by atoms with Crippen LogP contribution in [0.2, 0.25) is 0 Å². The van der Waals surface area contributed by atoms with E-state index >= 15 is 0 Å². The van der Waals surface area contributed by atoms with E-state index in [4.69, 9.17) is 0 Å². The van der Waals surface area contributed by atoms with E-state index in [0.717, 1.165) is 29.2 Å². The molecule has 0 N–H and O–H groups in total. The van der Waals surface area contributed by atoms with E-state index in [9.17, 15) is 0 Å². The third kappa shape index (κ3) is 5.60. The van der Waals surface area contributed by atoms with Crippen molar-refractivity contribution in [3.63, 3.8) is 0 Å². The molecule has 2 nitrogen and oxygen atoms in total. The van der Waals surface area contributed by atoms with Gasteiger partial charge in [0, 0.05) is 33.8 Å². The van der Waals surface area contributed by atoms with Gasteiger partial charge in [-0.1, -0.05) is 128 Å². The Hall–Kier alpha value is -5.86. The second-order valence-corrected chi connectivity index (χ2v) is 12.3. The van der Waals surface area contributed by atoms with Gasteiger partial charge in [-0.25, -0.2) is 0 Å². The van der Waals surface area contributed by atoms with Crippen molar-refractivity contribution in [1.29, 1.82) is 0 Å². The predicted molar refractivity (Wildman–Crippen MR) is 201 cm³/mol. The Labute approximate surface area is 277 Å². The largest absolute Gasteiger partial charge is 0.310 e. The van der Waals surface area contributed by atoms with E-state index in [0.29, 0.717) is 5.92 Å². The van der Waals surface area contributed by atoms with Gasteiger partial charge >= 0.3 is 0 Å². The summed E-state index contributed by atoms with van der Waals surface area (Å²) >= 11 is 0. The number of hydrogen-bond acceptors (Lipinski definition) is 2. The van der Waals surface area contributed by atoms with Gasteiger partial charge < -0.3 is 9.80 Å². The van der Waals surface area contributed by atoms with Crippen molar-refractivity contribution >= 4 is 51.0 Å². The molecular formula is C45H36N2. The van der Waals surface area contributed by atoms with Crippen LogP contribution >= 0.6 is 0 Å². The van der Waals surface area contributed by atoms with Crippen molar-refractivity contribution < 1.29 is 0 Å². The summed E-state index contributed by atoms with van der Waals surface area (Å²) in [6.07, 6.45) is 5.64. The summed E-state index contributed by atoms with van der Waals surface area (Å²) < 4.78 is 0. The zero-order valence-corrected chi connectivity index (χ0v) is 26.5. The van der Waals surface area contributed by atoms with Crippen LogP contribution in [0.4, 0.5) is 34.1 Å². The maximum absolute atomic E-state index is 2.40. The second kappa shape index (κ2) is 12.5. The average molecular weight is 605 g/mol. The van der Waals surface area contributed by atoms with Crippen LogP contribution in [0.3, 0.4) is 0 Å². The van der Waals surface area contributed by atoms with Crippen molar-refractivity contribution in [2.24, 2.45) is 5.92 Å². The van der Waals surface area contributed by atoms with Crippen LogP contribution in [-0.4, -0.2) is 0 Å². The van der Waals surface area contributed by atoms with Gasteiger partial charge in [0.15, 0.2) is 0 Å². The van der Waals surface area contributed by atoms with E-state index in [2.05, 4.69) is 199 Å². The average Bonchev–Trinajstić information content (AvgIpc) is 3.14. The van der Waals surface area contributed by atoms with E-state index in [-0.39, 0.29) is 0 Å². The number of allylic oxidation sites excluding steroid dienone is 1. The minimum absolute atomic E-state index is 0.519. The summed E-state index contributed by atoms with van der Waals surface area (Å²) in [5.74, 6) is 0.519. The molecule has 226 valence electrons. The summed E-state index contributed by atoms with van der Waals surface area (Å²) in [5, 5.41) is 2.46. The molecule has 0 saturated carbocycles. The molecule has 0 amide bonds. The van der Waals surface area contributed by atoms with Gasteiger partial charge in [-0.2, -0.15) is 0 Å². The van der Waals surface area contributed by atoms with Crippen molar-refractivity contribution in [3.05, 3.63) is 187 Å². The predicted octanol–water partition coefficient (Wildman–Crippen LogP) is 12.7. The van der Waals surface area contributed by atoms with Gasteiger partial charge in [0.1, 0.15) is 0 Å². The summed E-state index contributed by atoms with van der Waals surface area (Å²) in [7, 11) is 0. The van der Waals surface area contributed by atoms with Crippen LogP contribution in [0.15, 0.2) is 176 Å². The van der Waals surface area contributed by atoms with E-state index in [1.54, 1.807) is 0 Å². The van der Waals surface area contributed by atoms with Crippen molar-refractivity contribution in [2.45, 2.75) is 13.3 Å². The topological polar surface area (TPSA) is 6.48 Å². The molecule has 0 aromatic heterocycles. The van der Waals surface area contributed by atoms with Crippen LogP contribution in [0.25, 0.3) is 28.0 Å². The van der Waals surface area contributed by atoms with Crippen LogP contribution < -0.4 is 9.80 Å². The van der Waals surface area contributed by atoms with Gasteiger partial charge in [0.25, 0.3) is 0 Å². The number of fused-ring (bicyclic) bond motifs is 2. The number of hydrogen-bond donors (Lipinski definition) is 0. The van der Waals surface area contributed by atoms with Crippen LogP contribution in [-0.2, 0) is 6.42 Å². The van der Waals surface area contributed by atoms with Crippen LogP contribution in [0.1, 0.15) is 18.1 Å². The smallest absolute Gasteiger partial charge is 0.0540 e. The second-order valence-electron chi connectivity index (χ2n) is 12.3. The Morgan fingerprint density at radius 1 is 0.447 bits per heavy atom. The Bertz CT molecular complexity index is 2160. The third-order valence-electron chi connectivity index (χ3n) is 9.18. The molecule has 0 spiro atoms. The molecule has 0 heterocycles. The number of nitrogens with zero attached hydrogens (tertiary/aromatic N) is 2. The fourth-order valence-corrected chi connectivity index (χ4v) is 6.86. The molecule has 1 aliphatic rings. The van der Waals surface area contributed by atoms with Gasteiger partial charge in [-0.15, -0.1) is 0 Å². The van der Waals surface area contributed by atoms with Crippen LogP contribution in [0.5, 0.6) is 0 Å². The zero-order valence-electron chi connectivity index (χ0n) is 26.5. The summed E-state index contributed by atoms with van der Waals surface area (Å²) in [6.45, 7) is 2.30. The first-order valence-electron chi connectivity index (χ1n) is 16.4. The summed E-state index contributed by atoms with van der Waals surface area (Å²) in [5.41, 5.74) is 12.1. The SMILES string of the molecule is CC1C=Cc2cccc(N(c3ccccc3)c3ccc(-c4ccc(N(c5ccccc5)c5cccc6ccccc56)cc4)cc3)c2C1. The first kappa shape index (κ1) is 28.6. The Morgan fingerprint density at radius 2 is 0.936 bits per heavy atom. The maximum atomic E-state index is 2.40. The lowest BCUT2D eigenvalue weighted by Gasteiger charge is -2.30. The summed E-state index contributed by atoms with van der Waals surface area (Å²) in [4.78, 5) is 4.75. The Kier molecular flexibility index (Phi) is 7.61. The standard InChI is InChI=1S/C45H36N2/c1-33-22-23-37-14-11-21-45(43(37)32-33)47(39-17-6-3-7-18-39)41-30-26-35(27-31-41)34-24-28-40(29-25-34)46(38-15-4-2-5-16-38)44-20-10-13-36-12-8-9-19-42(36)44/h2-31,33H,32H2,1H3. The molecule has 0 saturated heterocycles. The Balaban J connectivity index is 1.15. The van der Waals surface area contributed by atoms with Gasteiger partial charge in [0.2, 0.25) is 0 Å². The van der Waals surface area contributed by atoms with Gasteiger partial charge in [0.05, 0.1) is 5.69 Å². The molecule has 2 heteroatoms. The normalized spacial score (nSPS) is 13.7. The molecule has 1 atom stereocenters. The van der Waals surface area contributed by atoms with Crippen molar-refractivity contribution in [2.75, 3.05) is 9.80 Å². The molecule has 0 radical (unpaired) electrons. The molecule has 0 fully saturated rings. The molecular weight excluding hydrogens is 569 g/mol. The highest BCUT2D eigenvalue weighted by atomic mass is 15.1. The molecule has 1 aliphatic carbocycles. The van der Waals surface area contributed by atoms with Crippen LogP contribution in [0, 0.1) is 5.92 Å². The lowest BCUT2D eigenvalue weighted by molar-refractivity contribution is 0.717. The number of anilines is 6. The number of para-hydroxylation sites is 2. The number of benzene rings is 7. The fourth-order valence-electron chi connectivity index (χ4n) is 6.86. The zero-order chi connectivity index (χ0) is 31.6. The lowest BCUT2D eigenvalue weighted by atomic mass is 9.89. The number of rotatable bonds is 7. The van der Waals surface area contributed by atoms with Gasteiger partial charge in [-0.3, -0.25) is 0 Å². The monoisotopic (exact) mass is 604 g/mol. The van der Waals surface area contributed by atoms with Crippen molar-refractivity contribution in [1.82, 2.24) is 0 Å². The molecule has 8 rings (SSSR count). The van der Waals surface area contributed by atoms with Crippen molar-refractivity contribution in [3.8, 4) is 11.1 Å². The van der Waals surface area contributed by atoms with E-state index < -0.39 is 0 Å². The first-order valence-corrected chi connectivity index (χ1v) is 16.4. The Morgan fingerprint density at radius 3 is 1.57 bits per heavy atom. The minimum Gasteiger partial charge on any atom is -0.310 e. The minimum atomic E-state index is 0.519. The molecule has 0 aliphatic heterocycles. The van der Waals surface area contributed by atoms with Gasteiger partial charge in [-0.05, 0) is 101 Å². The third-order valence-corrected chi connectivity index (χ3v) is 9.18. The maximum Gasteiger partial charge on any atom is 0.0540 e. The fraction of sp³-hybridized carbons (Fsp3) is 0.0667. The molecule has 7 aromatic carbocycles. The molecule has 47 heavy (non-hydrogen) atoms. The highest BCUT2D eigenvalue weighted by Crippen LogP contribution is 2.42. The van der Waals surface area contributed by atoms with E-state index in [1.165, 1.54) is 44.4 Å². The summed E-state index contributed by atoms with van der Waals surface area (Å²) in [6, 6.07) is 61.1. The first-order chi connectivity index (χ1) is 23.2.